The van der Waals surface area contributed by atoms with Crippen molar-refractivity contribution in [2.75, 3.05) is 12.9 Å². The zero-order valence-electron chi connectivity index (χ0n) is 10.3. The van der Waals surface area contributed by atoms with Crippen molar-refractivity contribution in [2.45, 2.75) is 19.0 Å². The third-order valence-electron chi connectivity index (χ3n) is 3.38. The Kier molecular flexibility index (Phi) is 3.57. The van der Waals surface area contributed by atoms with Crippen LogP contribution in [0.3, 0.4) is 0 Å². The molecule has 3 amide bonds. The van der Waals surface area contributed by atoms with Gasteiger partial charge in [-0.25, -0.2) is 4.79 Å². The average molecular weight is 267 g/mol. The first-order valence-corrected chi connectivity index (χ1v) is 6.31. The van der Waals surface area contributed by atoms with Gasteiger partial charge in [0.15, 0.2) is 0 Å². The van der Waals surface area contributed by atoms with Crippen molar-refractivity contribution in [1.29, 1.82) is 0 Å². The minimum atomic E-state index is -0.355. The highest BCUT2D eigenvalue weighted by Crippen LogP contribution is 2.34. The van der Waals surface area contributed by atoms with Gasteiger partial charge in [0.1, 0.15) is 5.88 Å². The van der Waals surface area contributed by atoms with E-state index in [0.717, 1.165) is 5.56 Å². The minimum Gasteiger partial charge on any atom is -0.322 e. The van der Waals surface area contributed by atoms with Crippen LogP contribution in [0, 0.1) is 0 Å². The number of carbonyl (C=O) groups excluding carboxylic acids is 2. The molecule has 0 aliphatic carbocycles. The monoisotopic (exact) mass is 266 g/mol. The van der Waals surface area contributed by atoms with Gasteiger partial charge in [-0.2, -0.15) is 0 Å². The molecule has 0 bridgehead atoms. The van der Waals surface area contributed by atoms with Gasteiger partial charge >= 0.3 is 6.03 Å². The van der Waals surface area contributed by atoms with E-state index < -0.39 is 0 Å². The smallest absolute Gasteiger partial charge is 0.322 e. The summed E-state index contributed by atoms with van der Waals surface area (Å²) in [6, 6.07) is 8.92. The number of urea groups is 1. The molecule has 0 N–H and O–H groups in total. The van der Waals surface area contributed by atoms with Crippen LogP contribution in [-0.2, 0) is 4.79 Å². The molecule has 5 heteroatoms. The third kappa shape index (κ3) is 1.97. The quantitative estimate of drug-likeness (QED) is 0.771. The molecule has 4 nitrogen and oxygen atoms in total. The van der Waals surface area contributed by atoms with Crippen molar-refractivity contribution in [3.63, 3.8) is 0 Å². The van der Waals surface area contributed by atoms with Crippen molar-refractivity contribution in [3.05, 3.63) is 35.9 Å². The summed E-state index contributed by atoms with van der Waals surface area (Å²) in [5, 5.41) is 0. The van der Waals surface area contributed by atoms with E-state index in [4.69, 9.17) is 11.6 Å². The summed E-state index contributed by atoms with van der Waals surface area (Å²) in [6.45, 7) is 1.93. The number of carbonyl (C=O) groups is 2. The maximum atomic E-state index is 12.1. The van der Waals surface area contributed by atoms with Crippen LogP contribution in [0.5, 0.6) is 0 Å². The number of alkyl halides is 1. The molecule has 0 spiro atoms. The van der Waals surface area contributed by atoms with E-state index in [9.17, 15) is 9.59 Å². The number of likely N-dealkylation sites (N-methyl/N-ethyl adjacent to an activating group) is 1. The van der Waals surface area contributed by atoms with Crippen LogP contribution in [0.1, 0.15) is 18.5 Å². The molecule has 1 fully saturated rings. The van der Waals surface area contributed by atoms with E-state index in [0.29, 0.717) is 0 Å². The predicted molar refractivity (Wildman–Crippen MR) is 69.4 cm³/mol. The molecule has 1 aliphatic rings. The highest BCUT2D eigenvalue weighted by atomic mass is 35.5. The van der Waals surface area contributed by atoms with Gasteiger partial charge in [0.25, 0.3) is 0 Å². The van der Waals surface area contributed by atoms with Gasteiger partial charge in [-0.1, -0.05) is 30.3 Å². The summed E-state index contributed by atoms with van der Waals surface area (Å²) in [4.78, 5) is 26.7. The number of amides is 3. The van der Waals surface area contributed by atoms with Crippen LogP contribution in [0.2, 0.25) is 0 Å². The van der Waals surface area contributed by atoms with Gasteiger partial charge in [0.2, 0.25) is 5.91 Å². The average Bonchev–Trinajstić information content (AvgIpc) is 2.63. The number of hydrogen-bond donors (Lipinski definition) is 0. The fourth-order valence-electron chi connectivity index (χ4n) is 2.29. The molecule has 1 aromatic rings. The van der Waals surface area contributed by atoms with Gasteiger partial charge in [0, 0.05) is 7.05 Å². The van der Waals surface area contributed by atoms with Gasteiger partial charge in [0.05, 0.1) is 12.1 Å². The van der Waals surface area contributed by atoms with Crippen LogP contribution in [-0.4, -0.2) is 40.7 Å². The predicted octanol–water partition coefficient (Wildman–Crippen LogP) is 2.25. The molecule has 18 heavy (non-hydrogen) atoms. The summed E-state index contributed by atoms with van der Waals surface area (Å²) < 4.78 is 0. The molecule has 0 radical (unpaired) electrons. The van der Waals surface area contributed by atoms with E-state index in [-0.39, 0.29) is 29.9 Å². The first kappa shape index (κ1) is 12.9. The number of benzene rings is 1. The molecule has 1 heterocycles. The summed E-state index contributed by atoms with van der Waals surface area (Å²) in [7, 11) is 1.70. The van der Waals surface area contributed by atoms with E-state index in [2.05, 4.69) is 0 Å². The summed E-state index contributed by atoms with van der Waals surface area (Å²) in [6.07, 6.45) is 0. The molecule has 0 unspecified atom stereocenters. The van der Waals surface area contributed by atoms with Crippen molar-refractivity contribution < 1.29 is 9.59 Å². The molecule has 0 aromatic heterocycles. The molecule has 1 aromatic carbocycles. The topological polar surface area (TPSA) is 40.6 Å². The maximum absolute atomic E-state index is 12.1. The highest BCUT2D eigenvalue weighted by molar-refractivity contribution is 6.28. The largest absolute Gasteiger partial charge is 0.327 e. The number of nitrogens with zero attached hydrogens (tertiary/aromatic N) is 2. The summed E-state index contributed by atoms with van der Waals surface area (Å²) in [5.41, 5.74) is 0.946. The molecule has 2 atom stereocenters. The Labute approximate surface area is 111 Å². The second-order valence-corrected chi connectivity index (χ2v) is 4.65. The molecule has 2 rings (SSSR count). The summed E-state index contributed by atoms with van der Waals surface area (Å²) >= 11 is 5.58. The lowest BCUT2D eigenvalue weighted by Gasteiger charge is -2.23. The number of halogens is 1. The van der Waals surface area contributed by atoms with E-state index in [1.807, 2.05) is 37.3 Å². The Morgan fingerprint density at radius 1 is 1.33 bits per heavy atom. The van der Waals surface area contributed by atoms with Crippen molar-refractivity contribution >= 4 is 23.5 Å². The van der Waals surface area contributed by atoms with Crippen LogP contribution < -0.4 is 0 Å². The lowest BCUT2D eigenvalue weighted by molar-refractivity contribution is -0.126. The number of imide groups is 1. The lowest BCUT2D eigenvalue weighted by atomic mass is 10.0. The van der Waals surface area contributed by atoms with Crippen molar-refractivity contribution in [2.24, 2.45) is 0 Å². The molecule has 1 aliphatic heterocycles. The van der Waals surface area contributed by atoms with Crippen molar-refractivity contribution in [3.8, 4) is 0 Å². The second kappa shape index (κ2) is 4.98. The minimum absolute atomic E-state index is 0.0629. The standard InChI is InChI=1S/C13H15ClN2O2/c1-9-12(10-6-4-3-5-7-10)16(11(17)8-14)13(18)15(9)2/h3-7,9,12H,8H2,1-2H3/t9-,12-/m0/s1. The summed E-state index contributed by atoms with van der Waals surface area (Å²) in [5.74, 6) is -0.540. The zero-order valence-corrected chi connectivity index (χ0v) is 11.1. The van der Waals surface area contributed by atoms with Gasteiger partial charge in [-0.3, -0.25) is 9.69 Å². The fourth-order valence-corrected chi connectivity index (χ4v) is 2.42. The highest BCUT2D eigenvalue weighted by Gasteiger charge is 2.45. The third-order valence-corrected chi connectivity index (χ3v) is 3.61. The lowest BCUT2D eigenvalue weighted by Crippen LogP contribution is -2.37. The number of hydrogen-bond acceptors (Lipinski definition) is 2. The van der Waals surface area contributed by atoms with Crippen LogP contribution in [0.25, 0.3) is 0 Å². The Morgan fingerprint density at radius 2 is 1.94 bits per heavy atom. The normalized spacial score (nSPS) is 23.6. The SMILES string of the molecule is C[C@H]1[C@@H](c2ccccc2)N(C(=O)CCl)C(=O)N1C. The first-order chi connectivity index (χ1) is 8.57. The first-order valence-electron chi connectivity index (χ1n) is 5.77. The number of rotatable bonds is 2. The fraction of sp³-hybridized carbons (Fsp3) is 0.385. The van der Waals surface area contributed by atoms with Gasteiger partial charge < -0.3 is 4.90 Å². The maximum Gasteiger partial charge on any atom is 0.327 e. The molecular formula is C13H15ClN2O2. The van der Waals surface area contributed by atoms with Gasteiger partial charge in [-0.05, 0) is 12.5 Å². The Hall–Kier alpha value is -1.55. The Bertz CT molecular complexity index is 463. The Morgan fingerprint density at radius 3 is 2.50 bits per heavy atom. The van der Waals surface area contributed by atoms with Crippen LogP contribution >= 0.6 is 11.6 Å². The molecular weight excluding hydrogens is 252 g/mol. The van der Waals surface area contributed by atoms with Crippen molar-refractivity contribution in [1.82, 2.24) is 9.80 Å². The van der Waals surface area contributed by atoms with E-state index in [1.165, 1.54) is 4.90 Å². The van der Waals surface area contributed by atoms with Gasteiger partial charge in [-0.15, -0.1) is 11.6 Å². The van der Waals surface area contributed by atoms with E-state index >= 15 is 0 Å². The zero-order chi connectivity index (χ0) is 13.3. The molecule has 96 valence electrons. The molecule has 1 saturated heterocycles. The Balaban J connectivity index is 2.42. The van der Waals surface area contributed by atoms with Crippen LogP contribution in [0.15, 0.2) is 30.3 Å². The van der Waals surface area contributed by atoms with E-state index in [1.54, 1.807) is 11.9 Å². The second-order valence-electron chi connectivity index (χ2n) is 4.39. The molecule has 0 saturated carbocycles. The van der Waals surface area contributed by atoms with Crippen LogP contribution in [0.4, 0.5) is 4.79 Å².